The molecule has 2 aromatic heterocycles. The minimum Gasteiger partial charge on any atom is -0.489 e. The van der Waals surface area contributed by atoms with Gasteiger partial charge in [0.2, 0.25) is 11.8 Å². The number of aromatic nitrogens is 2. The highest BCUT2D eigenvalue weighted by atomic mass is 32.1. The Hall–Kier alpha value is -3.20. The Balaban J connectivity index is 1.17. The van der Waals surface area contributed by atoms with Crippen LogP contribution in [0.15, 0.2) is 36.0 Å². The monoisotopic (exact) mass is 491 g/mol. The third-order valence-corrected chi connectivity index (χ3v) is 8.17. The van der Waals surface area contributed by atoms with Gasteiger partial charge in [-0.2, -0.15) is 0 Å². The van der Waals surface area contributed by atoms with Crippen molar-refractivity contribution in [1.29, 1.82) is 0 Å². The number of ether oxygens (including phenoxy) is 1. The second-order valence-electron chi connectivity index (χ2n) is 9.75. The fourth-order valence-electron chi connectivity index (χ4n) is 4.95. The highest BCUT2D eigenvalue weighted by Crippen LogP contribution is 2.36. The van der Waals surface area contributed by atoms with Crippen LogP contribution in [0.25, 0.3) is 21.5 Å². The van der Waals surface area contributed by atoms with Crippen molar-refractivity contribution in [3.05, 3.63) is 36.0 Å². The minimum absolute atomic E-state index is 0.0855. The topological polar surface area (TPSA) is 87.7 Å². The van der Waals surface area contributed by atoms with Crippen LogP contribution in [-0.2, 0) is 9.59 Å². The first-order valence-electron chi connectivity index (χ1n) is 12.4. The molecule has 8 nitrogen and oxygen atoms in total. The van der Waals surface area contributed by atoms with Crippen LogP contribution < -0.4 is 15.0 Å². The van der Waals surface area contributed by atoms with Gasteiger partial charge in [-0.15, -0.1) is 11.3 Å². The lowest BCUT2D eigenvalue weighted by Crippen LogP contribution is -2.49. The van der Waals surface area contributed by atoms with Crippen molar-refractivity contribution in [3.63, 3.8) is 0 Å². The van der Waals surface area contributed by atoms with Crippen LogP contribution >= 0.6 is 11.3 Å². The summed E-state index contributed by atoms with van der Waals surface area (Å²) in [5.74, 6) is 1.65. The molecule has 2 atom stereocenters. The summed E-state index contributed by atoms with van der Waals surface area (Å²) in [5.41, 5.74) is 5.61. The summed E-state index contributed by atoms with van der Waals surface area (Å²) in [6, 6.07) is 8.22. The quantitative estimate of drug-likeness (QED) is 0.569. The van der Waals surface area contributed by atoms with Crippen molar-refractivity contribution in [1.82, 2.24) is 20.2 Å². The van der Waals surface area contributed by atoms with Crippen molar-refractivity contribution in [3.8, 4) is 17.0 Å². The number of nitrogens with one attached hydrogen (secondary N) is 1. The molecule has 1 unspecified atom stereocenters. The van der Waals surface area contributed by atoms with Crippen LogP contribution in [0.4, 0.5) is 5.69 Å². The Labute approximate surface area is 208 Å². The third-order valence-electron chi connectivity index (χ3n) is 7.31. The first-order valence-corrected chi connectivity index (χ1v) is 13.2. The second kappa shape index (κ2) is 9.11. The lowest BCUT2D eigenvalue weighted by molar-refractivity contribution is -0.132. The van der Waals surface area contributed by atoms with Crippen LogP contribution in [-0.4, -0.2) is 65.5 Å². The molecule has 35 heavy (non-hydrogen) atoms. The predicted molar refractivity (Wildman–Crippen MR) is 136 cm³/mol. The molecule has 2 saturated heterocycles. The molecule has 3 aromatic rings. The number of rotatable bonds is 6. The Bertz CT molecular complexity index is 1250. The van der Waals surface area contributed by atoms with E-state index in [9.17, 15) is 9.59 Å². The Kier molecular flexibility index (Phi) is 5.80. The zero-order valence-electron chi connectivity index (χ0n) is 19.8. The molecule has 4 heterocycles. The van der Waals surface area contributed by atoms with E-state index < -0.39 is 0 Å². The number of hydrogen-bond acceptors (Lipinski definition) is 7. The largest absolute Gasteiger partial charge is 0.489 e. The van der Waals surface area contributed by atoms with E-state index in [2.05, 4.69) is 21.3 Å². The van der Waals surface area contributed by atoms with E-state index >= 15 is 0 Å². The number of pyridine rings is 1. The normalized spacial score (nSPS) is 21.3. The van der Waals surface area contributed by atoms with Gasteiger partial charge in [-0.3, -0.25) is 14.6 Å². The number of nitrogens with zero attached hydrogens (tertiary/aromatic N) is 4. The molecular formula is C26H29N5O3S. The zero-order chi connectivity index (χ0) is 23.9. The van der Waals surface area contributed by atoms with E-state index in [0.717, 1.165) is 71.9 Å². The highest BCUT2D eigenvalue weighted by Gasteiger charge is 2.34. The molecule has 1 aliphatic carbocycles. The maximum Gasteiger partial charge on any atom is 0.225 e. The van der Waals surface area contributed by atoms with Gasteiger partial charge in [-0.25, -0.2) is 4.98 Å². The van der Waals surface area contributed by atoms with E-state index in [-0.39, 0.29) is 23.8 Å². The predicted octanol–water partition coefficient (Wildman–Crippen LogP) is 3.32. The molecule has 0 spiro atoms. The number of carbonyl (C=O) groups excluding carboxylic acids is 2. The standard InChI is InChI=1S/C26H29N5O3S/c1-16(19-12-24(32)28-13-19)34-23-11-18(10-22-25(23)35-15-29-22)21-5-4-20(14-27-21)30-6-8-31(9-7-30)26(33)17-2-3-17/h4-5,10-11,14-17,19H,2-3,6-9,12-13H2,1H3,(H,28,32)/t16-,19?/m1/s1. The molecule has 0 radical (unpaired) electrons. The summed E-state index contributed by atoms with van der Waals surface area (Å²) in [6.45, 7) is 5.89. The zero-order valence-corrected chi connectivity index (χ0v) is 20.6. The van der Waals surface area contributed by atoms with Gasteiger partial charge >= 0.3 is 0 Å². The Morgan fingerprint density at radius 2 is 2.00 bits per heavy atom. The van der Waals surface area contributed by atoms with Gasteiger partial charge in [0.25, 0.3) is 0 Å². The number of amides is 2. The number of benzene rings is 1. The van der Waals surface area contributed by atoms with Crippen molar-refractivity contribution in [2.24, 2.45) is 11.8 Å². The SMILES string of the molecule is C[C@@H](Oc1cc(-c2ccc(N3CCN(C(=O)C4CC4)CC3)cn2)cc2ncsc12)C1CNC(=O)C1. The minimum atomic E-state index is -0.0877. The number of hydrogen-bond donors (Lipinski definition) is 1. The Morgan fingerprint density at radius 3 is 2.69 bits per heavy atom. The molecule has 1 aromatic carbocycles. The first kappa shape index (κ1) is 22.3. The molecule has 2 amide bonds. The van der Waals surface area contributed by atoms with Gasteiger partial charge in [0, 0.05) is 56.5 Å². The third kappa shape index (κ3) is 4.57. The molecule has 1 N–H and O–H groups in total. The van der Waals surface area contributed by atoms with Crippen molar-refractivity contribution in [2.45, 2.75) is 32.3 Å². The Morgan fingerprint density at radius 1 is 1.17 bits per heavy atom. The summed E-state index contributed by atoms with van der Waals surface area (Å²) >= 11 is 1.56. The van der Waals surface area contributed by atoms with Gasteiger partial charge in [-0.1, -0.05) is 0 Å². The highest BCUT2D eigenvalue weighted by molar-refractivity contribution is 7.17. The van der Waals surface area contributed by atoms with Crippen LogP contribution in [0.2, 0.25) is 0 Å². The summed E-state index contributed by atoms with van der Waals surface area (Å²) in [6.07, 6.45) is 4.44. The van der Waals surface area contributed by atoms with E-state index in [1.54, 1.807) is 11.3 Å². The summed E-state index contributed by atoms with van der Waals surface area (Å²) in [7, 11) is 0. The van der Waals surface area contributed by atoms with Crippen LogP contribution in [0.3, 0.4) is 0 Å². The lowest BCUT2D eigenvalue weighted by atomic mass is 10.0. The number of carbonyl (C=O) groups is 2. The second-order valence-corrected chi connectivity index (χ2v) is 10.6. The van der Waals surface area contributed by atoms with Gasteiger partial charge in [0.15, 0.2) is 0 Å². The molecule has 0 bridgehead atoms. The number of thiazole rings is 1. The average Bonchev–Trinajstić information content (AvgIpc) is 3.46. The number of fused-ring (bicyclic) bond motifs is 1. The molecular weight excluding hydrogens is 462 g/mol. The fourth-order valence-corrected chi connectivity index (χ4v) is 5.67. The van der Waals surface area contributed by atoms with E-state index in [1.165, 1.54) is 0 Å². The lowest BCUT2D eigenvalue weighted by Gasteiger charge is -2.36. The van der Waals surface area contributed by atoms with Gasteiger partial charge < -0.3 is 19.9 Å². The molecule has 182 valence electrons. The van der Waals surface area contributed by atoms with Crippen molar-refractivity contribution in [2.75, 3.05) is 37.6 Å². The maximum atomic E-state index is 12.3. The smallest absolute Gasteiger partial charge is 0.225 e. The van der Waals surface area contributed by atoms with Gasteiger partial charge in [0.1, 0.15) is 11.9 Å². The van der Waals surface area contributed by atoms with E-state index in [1.807, 2.05) is 41.7 Å². The summed E-state index contributed by atoms with van der Waals surface area (Å²) in [4.78, 5) is 37.5. The van der Waals surface area contributed by atoms with Crippen LogP contribution in [0, 0.1) is 11.8 Å². The van der Waals surface area contributed by atoms with Crippen molar-refractivity contribution < 1.29 is 14.3 Å². The van der Waals surface area contributed by atoms with Crippen molar-refractivity contribution >= 4 is 39.1 Å². The van der Waals surface area contributed by atoms with Crippen LogP contribution in [0.5, 0.6) is 5.75 Å². The van der Waals surface area contributed by atoms with E-state index in [0.29, 0.717) is 18.9 Å². The van der Waals surface area contributed by atoms with Crippen LogP contribution in [0.1, 0.15) is 26.2 Å². The van der Waals surface area contributed by atoms with Gasteiger partial charge in [-0.05, 0) is 44.0 Å². The van der Waals surface area contributed by atoms with E-state index in [4.69, 9.17) is 9.72 Å². The fraction of sp³-hybridized carbons (Fsp3) is 0.462. The molecule has 3 fully saturated rings. The summed E-state index contributed by atoms with van der Waals surface area (Å²) < 4.78 is 7.37. The molecule has 3 aliphatic rings. The molecule has 6 rings (SSSR count). The first-order chi connectivity index (χ1) is 17.0. The molecule has 1 saturated carbocycles. The maximum absolute atomic E-state index is 12.3. The average molecular weight is 492 g/mol. The molecule has 2 aliphatic heterocycles. The van der Waals surface area contributed by atoms with Gasteiger partial charge in [0.05, 0.1) is 33.3 Å². The summed E-state index contributed by atoms with van der Waals surface area (Å²) in [5, 5.41) is 2.89. The number of anilines is 1. The molecule has 9 heteroatoms. The number of piperazine rings is 1.